The Morgan fingerprint density at radius 3 is 2.63 bits per heavy atom. The number of nitrogens with one attached hydrogen (secondary N) is 2. The lowest BCUT2D eigenvalue weighted by Crippen LogP contribution is -2.29. The van der Waals surface area contributed by atoms with Crippen molar-refractivity contribution in [3.63, 3.8) is 0 Å². The Morgan fingerprint density at radius 2 is 1.89 bits per heavy atom. The maximum absolute atomic E-state index is 11.3. The topological polar surface area (TPSA) is 87.5 Å². The van der Waals surface area contributed by atoms with Crippen LogP contribution in [0.15, 0.2) is 54.9 Å². The number of para-hydroxylation sites is 1. The van der Waals surface area contributed by atoms with Crippen molar-refractivity contribution in [1.82, 2.24) is 19.4 Å². The fourth-order valence-electron chi connectivity index (χ4n) is 4.04. The SMILES string of the molecule is COc1cc(N(C)CCN(C)C)c(NC=O)cc1Nc1nccc(-c2cn(C)c3ccccc23)n1. The summed E-state index contributed by atoms with van der Waals surface area (Å²) in [6.07, 6.45) is 4.47. The lowest BCUT2D eigenvalue weighted by Gasteiger charge is -2.25. The van der Waals surface area contributed by atoms with Crippen molar-refractivity contribution in [2.45, 2.75) is 0 Å². The van der Waals surface area contributed by atoms with Crippen LogP contribution in [-0.2, 0) is 11.8 Å². The molecule has 0 aliphatic heterocycles. The number of fused-ring (bicyclic) bond motifs is 1. The third-order valence-corrected chi connectivity index (χ3v) is 5.90. The molecule has 2 heterocycles. The van der Waals surface area contributed by atoms with Gasteiger partial charge in [0.2, 0.25) is 12.4 Å². The van der Waals surface area contributed by atoms with E-state index in [9.17, 15) is 4.79 Å². The molecule has 0 fully saturated rings. The van der Waals surface area contributed by atoms with Crippen molar-refractivity contribution in [3.05, 3.63) is 54.9 Å². The molecule has 0 bridgehead atoms. The van der Waals surface area contributed by atoms with Gasteiger partial charge in [0, 0.05) is 62.1 Å². The van der Waals surface area contributed by atoms with Gasteiger partial charge in [-0.05, 0) is 32.3 Å². The highest BCUT2D eigenvalue weighted by Crippen LogP contribution is 2.38. The summed E-state index contributed by atoms with van der Waals surface area (Å²) in [5.74, 6) is 1.05. The number of aromatic nitrogens is 3. The average molecular weight is 474 g/mol. The number of amides is 1. The minimum atomic E-state index is 0.430. The second-order valence-electron chi connectivity index (χ2n) is 8.62. The minimum Gasteiger partial charge on any atom is -0.494 e. The zero-order valence-electron chi connectivity index (χ0n) is 20.7. The molecule has 9 nitrogen and oxygen atoms in total. The van der Waals surface area contributed by atoms with Crippen LogP contribution in [0.1, 0.15) is 0 Å². The number of carbonyl (C=O) groups excluding carboxylic acids is 1. The van der Waals surface area contributed by atoms with Gasteiger partial charge in [0.1, 0.15) is 5.75 Å². The summed E-state index contributed by atoms with van der Waals surface area (Å²) in [5, 5.41) is 7.20. The van der Waals surface area contributed by atoms with E-state index in [1.54, 1.807) is 13.3 Å². The molecule has 9 heteroatoms. The van der Waals surface area contributed by atoms with Crippen molar-refractivity contribution in [1.29, 1.82) is 0 Å². The van der Waals surface area contributed by atoms with E-state index in [4.69, 9.17) is 9.72 Å². The molecule has 0 atom stereocenters. The summed E-state index contributed by atoms with van der Waals surface area (Å²) < 4.78 is 7.76. The first-order valence-corrected chi connectivity index (χ1v) is 11.3. The van der Waals surface area contributed by atoms with Crippen LogP contribution >= 0.6 is 0 Å². The van der Waals surface area contributed by atoms with Crippen LogP contribution < -0.4 is 20.3 Å². The van der Waals surface area contributed by atoms with Crippen LogP contribution in [0.25, 0.3) is 22.2 Å². The predicted molar refractivity (Wildman–Crippen MR) is 142 cm³/mol. The van der Waals surface area contributed by atoms with Gasteiger partial charge in [0.05, 0.1) is 29.9 Å². The Morgan fingerprint density at radius 1 is 1.09 bits per heavy atom. The molecular weight excluding hydrogens is 442 g/mol. The third-order valence-electron chi connectivity index (χ3n) is 5.90. The quantitative estimate of drug-likeness (QED) is 0.337. The van der Waals surface area contributed by atoms with Crippen LogP contribution in [0.3, 0.4) is 0 Å². The van der Waals surface area contributed by atoms with Crippen LogP contribution in [0, 0.1) is 0 Å². The molecule has 2 N–H and O–H groups in total. The Balaban J connectivity index is 1.68. The number of anilines is 4. The second kappa shape index (κ2) is 10.4. The van der Waals surface area contributed by atoms with E-state index >= 15 is 0 Å². The largest absolute Gasteiger partial charge is 0.494 e. The summed E-state index contributed by atoms with van der Waals surface area (Å²) in [4.78, 5) is 24.7. The van der Waals surface area contributed by atoms with Crippen molar-refractivity contribution < 1.29 is 9.53 Å². The highest BCUT2D eigenvalue weighted by molar-refractivity contribution is 5.95. The number of ether oxygens (including phenoxy) is 1. The maximum atomic E-state index is 11.3. The molecule has 2 aromatic heterocycles. The first-order valence-electron chi connectivity index (χ1n) is 11.3. The van der Waals surface area contributed by atoms with Crippen molar-refractivity contribution in [2.75, 3.05) is 56.9 Å². The van der Waals surface area contributed by atoms with E-state index in [-0.39, 0.29) is 0 Å². The second-order valence-corrected chi connectivity index (χ2v) is 8.62. The predicted octanol–water partition coefficient (Wildman–Crippen LogP) is 3.95. The standard InChI is InChI=1S/C26H31N7O2/c1-31(2)12-13-32(3)24-15-25(35-5)22(14-21(24)28-17-34)30-26-27-11-10-20(29-26)19-16-33(4)23-9-7-6-8-18(19)23/h6-11,14-17H,12-13H2,1-5H3,(H,28,34)(H,27,29,30). The Kier molecular flexibility index (Phi) is 7.17. The lowest BCUT2D eigenvalue weighted by atomic mass is 10.1. The molecule has 4 aromatic rings. The fraction of sp³-hybridized carbons (Fsp3) is 0.269. The molecule has 0 saturated heterocycles. The smallest absolute Gasteiger partial charge is 0.227 e. The van der Waals surface area contributed by atoms with Gasteiger partial charge in [0.15, 0.2) is 0 Å². The number of hydrogen-bond donors (Lipinski definition) is 2. The third kappa shape index (κ3) is 5.20. The molecule has 0 radical (unpaired) electrons. The van der Waals surface area contributed by atoms with E-state index < -0.39 is 0 Å². The first-order chi connectivity index (χ1) is 16.9. The number of rotatable bonds is 10. The summed E-state index contributed by atoms with van der Waals surface area (Å²) in [5.41, 5.74) is 5.14. The monoisotopic (exact) mass is 473 g/mol. The minimum absolute atomic E-state index is 0.430. The molecule has 0 aliphatic carbocycles. The van der Waals surface area contributed by atoms with Gasteiger partial charge in [-0.15, -0.1) is 0 Å². The summed E-state index contributed by atoms with van der Waals surface area (Å²) in [6.45, 7) is 1.65. The number of aryl methyl sites for hydroxylation is 1. The van der Waals surface area contributed by atoms with Gasteiger partial charge >= 0.3 is 0 Å². The first kappa shape index (κ1) is 24.0. The summed E-state index contributed by atoms with van der Waals surface area (Å²) >= 11 is 0. The van der Waals surface area contributed by atoms with E-state index in [1.165, 1.54) is 0 Å². The number of likely N-dealkylation sites (N-methyl/N-ethyl adjacent to an activating group) is 2. The Labute approximate surface area is 205 Å². The molecule has 0 spiro atoms. The lowest BCUT2D eigenvalue weighted by molar-refractivity contribution is -0.105. The zero-order valence-corrected chi connectivity index (χ0v) is 20.7. The van der Waals surface area contributed by atoms with Gasteiger partial charge in [0.25, 0.3) is 0 Å². The number of methoxy groups -OCH3 is 1. The molecule has 35 heavy (non-hydrogen) atoms. The number of carbonyl (C=O) groups is 1. The van der Waals surface area contributed by atoms with E-state index in [0.717, 1.165) is 40.9 Å². The van der Waals surface area contributed by atoms with Gasteiger partial charge < -0.3 is 29.7 Å². The van der Waals surface area contributed by atoms with Gasteiger partial charge in [-0.1, -0.05) is 18.2 Å². The highest BCUT2D eigenvalue weighted by atomic mass is 16.5. The molecule has 0 unspecified atom stereocenters. The molecule has 0 aliphatic rings. The van der Waals surface area contributed by atoms with Crippen molar-refractivity contribution >= 4 is 40.3 Å². The molecule has 182 valence electrons. The summed E-state index contributed by atoms with van der Waals surface area (Å²) in [7, 11) is 9.68. The van der Waals surface area contributed by atoms with Gasteiger partial charge in [-0.2, -0.15) is 0 Å². The number of nitrogens with zero attached hydrogens (tertiary/aromatic N) is 5. The Bertz CT molecular complexity index is 1330. The van der Waals surface area contributed by atoms with Crippen LogP contribution in [0.5, 0.6) is 5.75 Å². The van der Waals surface area contributed by atoms with Crippen LogP contribution in [0.4, 0.5) is 23.0 Å². The number of hydrogen-bond acceptors (Lipinski definition) is 7. The van der Waals surface area contributed by atoms with Gasteiger partial charge in [-0.25, -0.2) is 9.97 Å². The summed E-state index contributed by atoms with van der Waals surface area (Å²) in [6, 6.07) is 13.9. The fourth-order valence-corrected chi connectivity index (χ4v) is 4.04. The average Bonchev–Trinajstić information content (AvgIpc) is 3.20. The van der Waals surface area contributed by atoms with Crippen LogP contribution in [0.2, 0.25) is 0 Å². The molecule has 2 aromatic carbocycles. The molecular formula is C26H31N7O2. The van der Waals surface area contributed by atoms with Gasteiger partial charge in [-0.3, -0.25) is 4.79 Å². The Hall–Kier alpha value is -4.11. The van der Waals surface area contributed by atoms with E-state index in [2.05, 4.69) is 48.3 Å². The normalized spacial score (nSPS) is 11.0. The van der Waals surface area contributed by atoms with Crippen LogP contribution in [-0.4, -0.2) is 67.2 Å². The van der Waals surface area contributed by atoms with E-state index in [1.807, 2.05) is 58.5 Å². The molecule has 0 saturated carbocycles. The van der Waals surface area contributed by atoms with E-state index in [0.29, 0.717) is 29.5 Å². The zero-order chi connectivity index (χ0) is 24.9. The molecule has 1 amide bonds. The molecule has 4 rings (SSSR count). The van der Waals surface area contributed by atoms with Crippen molar-refractivity contribution in [3.8, 4) is 17.0 Å². The van der Waals surface area contributed by atoms with Crippen molar-refractivity contribution in [2.24, 2.45) is 7.05 Å². The number of benzene rings is 2. The highest BCUT2D eigenvalue weighted by Gasteiger charge is 2.16. The maximum Gasteiger partial charge on any atom is 0.227 e.